The molecule has 0 saturated carbocycles. The highest BCUT2D eigenvalue weighted by molar-refractivity contribution is 5.91. The van der Waals surface area contributed by atoms with E-state index in [-0.39, 0.29) is 24.5 Å². The van der Waals surface area contributed by atoms with Gasteiger partial charge >= 0.3 is 0 Å². The van der Waals surface area contributed by atoms with Crippen LogP contribution in [0, 0.1) is 0 Å². The maximum atomic E-state index is 11.1. The SMILES string of the molecule is CC1CN(c2ccnc(C(N)=O)c2)CC(CO)O1. The molecule has 0 aliphatic carbocycles. The monoisotopic (exact) mass is 251 g/mol. The minimum atomic E-state index is -0.545. The minimum absolute atomic E-state index is 0.0192. The lowest BCUT2D eigenvalue weighted by molar-refractivity contribution is -0.0421. The Balaban J connectivity index is 2.19. The van der Waals surface area contributed by atoms with Crippen LogP contribution in [-0.2, 0) is 4.74 Å². The van der Waals surface area contributed by atoms with Crippen LogP contribution in [-0.4, -0.2) is 47.9 Å². The van der Waals surface area contributed by atoms with Gasteiger partial charge in [0.25, 0.3) is 5.91 Å². The van der Waals surface area contributed by atoms with Gasteiger partial charge in [0.2, 0.25) is 0 Å². The van der Waals surface area contributed by atoms with E-state index >= 15 is 0 Å². The van der Waals surface area contributed by atoms with Crippen molar-refractivity contribution in [1.29, 1.82) is 0 Å². The summed E-state index contributed by atoms with van der Waals surface area (Å²) in [5, 5.41) is 9.18. The maximum Gasteiger partial charge on any atom is 0.267 e. The first-order valence-corrected chi connectivity index (χ1v) is 5.87. The molecule has 0 aromatic carbocycles. The second kappa shape index (κ2) is 5.32. The van der Waals surface area contributed by atoms with Crippen LogP contribution in [0.5, 0.6) is 0 Å². The van der Waals surface area contributed by atoms with E-state index in [9.17, 15) is 9.90 Å². The summed E-state index contributed by atoms with van der Waals surface area (Å²) in [6.07, 6.45) is 1.38. The van der Waals surface area contributed by atoms with E-state index in [1.807, 2.05) is 13.0 Å². The van der Waals surface area contributed by atoms with Crippen LogP contribution in [0.15, 0.2) is 18.3 Å². The van der Waals surface area contributed by atoms with Gasteiger partial charge in [-0.05, 0) is 19.1 Å². The molecule has 18 heavy (non-hydrogen) atoms. The molecule has 6 nitrogen and oxygen atoms in total. The van der Waals surface area contributed by atoms with Crippen molar-refractivity contribution >= 4 is 11.6 Å². The maximum absolute atomic E-state index is 11.1. The highest BCUT2D eigenvalue weighted by atomic mass is 16.5. The van der Waals surface area contributed by atoms with Crippen LogP contribution in [0.4, 0.5) is 5.69 Å². The summed E-state index contributed by atoms with van der Waals surface area (Å²) in [6, 6.07) is 3.48. The molecule has 0 spiro atoms. The third-order valence-electron chi connectivity index (χ3n) is 2.89. The number of nitrogens with zero attached hydrogens (tertiary/aromatic N) is 2. The van der Waals surface area contributed by atoms with Crippen molar-refractivity contribution in [2.75, 3.05) is 24.6 Å². The highest BCUT2D eigenvalue weighted by Gasteiger charge is 2.25. The van der Waals surface area contributed by atoms with Crippen molar-refractivity contribution in [2.24, 2.45) is 5.73 Å². The summed E-state index contributed by atoms with van der Waals surface area (Å²) in [6.45, 7) is 3.22. The number of rotatable bonds is 3. The molecule has 3 N–H and O–H groups in total. The number of amides is 1. The van der Waals surface area contributed by atoms with Gasteiger partial charge in [-0.2, -0.15) is 0 Å². The largest absolute Gasteiger partial charge is 0.394 e. The molecule has 2 atom stereocenters. The summed E-state index contributed by atoms with van der Waals surface area (Å²) in [7, 11) is 0. The molecule has 1 aliphatic heterocycles. The third kappa shape index (κ3) is 2.77. The zero-order valence-electron chi connectivity index (χ0n) is 10.2. The van der Waals surface area contributed by atoms with Gasteiger partial charge in [-0.1, -0.05) is 0 Å². The fourth-order valence-electron chi connectivity index (χ4n) is 2.11. The number of aliphatic hydroxyl groups excluding tert-OH is 1. The number of ether oxygens (including phenoxy) is 1. The number of aliphatic hydroxyl groups is 1. The van der Waals surface area contributed by atoms with Crippen LogP contribution in [0.3, 0.4) is 0 Å². The van der Waals surface area contributed by atoms with Crippen LogP contribution >= 0.6 is 0 Å². The second-order valence-corrected chi connectivity index (χ2v) is 4.42. The molecule has 98 valence electrons. The topological polar surface area (TPSA) is 88.7 Å². The Bertz CT molecular complexity index is 438. The van der Waals surface area contributed by atoms with Crippen molar-refractivity contribution < 1.29 is 14.6 Å². The zero-order chi connectivity index (χ0) is 13.1. The number of pyridine rings is 1. The molecule has 0 bridgehead atoms. The molecule has 1 aliphatic rings. The Morgan fingerprint density at radius 2 is 2.44 bits per heavy atom. The Morgan fingerprint density at radius 3 is 3.11 bits per heavy atom. The molecule has 2 unspecified atom stereocenters. The van der Waals surface area contributed by atoms with Gasteiger partial charge < -0.3 is 20.5 Å². The quantitative estimate of drug-likeness (QED) is 0.774. The number of morpholine rings is 1. The van der Waals surface area contributed by atoms with Crippen molar-refractivity contribution in [1.82, 2.24) is 4.98 Å². The number of hydrogen-bond donors (Lipinski definition) is 2. The Morgan fingerprint density at radius 1 is 1.67 bits per heavy atom. The molecule has 1 amide bonds. The molecule has 6 heteroatoms. The van der Waals surface area contributed by atoms with Gasteiger partial charge in [0.05, 0.1) is 18.8 Å². The van der Waals surface area contributed by atoms with Crippen molar-refractivity contribution in [3.63, 3.8) is 0 Å². The lowest BCUT2D eigenvalue weighted by atomic mass is 10.2. The summed E-state index contributed by atoms with van der Waals surface area (Å²) >= 11 is 0. The first kappa shape index (κ1) is 12.8. The Kier molecular flexibility index (Phi) is 3.78. The van der Waals surface area contributed by atoms with Crippen LogP contribution in [0.25, 0.3) is 0 Å². The smallest absolute Gasteiger partial charge is 0.267 e. The summed E-state index contributed by atoms with van der Waals surface area (Å²) in [4.78, 5) is 17.1. The Hall–Kier alpha value is -1.66. The number of carbonyl (C=O) groups is 1. The molecule has 1 aromatic heterocycles. The minimum Gasteiger partial charge on any atom is -0.394 e. The first-order valence-electron chi connectivity index (χ1n) is 5.87. The number of hydrogen-bond acceptors (Lipinski definition) is 5. The fraction of sp³-hybridized carbons (Fsp3) is 0.500. The standard InChI is InChI=1S/C12H17N3O3/c1-8-5-15(6-10(7-16)18-8)9-2-3-14-11(4-9)12(13)17/h2-4,8,10,16H,5-7H2,1H3,(H2,13,17). The molecular formula is C12H17N3O3. The van der Waals surface area contributed by atoms with E-state index < -0.39 is 5.91 Å². The molecule has 2 rings (SSSR count). The van der Waals surface area contributed by atoms with Gasteiger partial charge in [0.1, 0.15) is 5.69 Å². The van der Waals surface area contributed by atoms with Crippen molar-refractivity contribution in [2.45, 2.75) is 19.1 Å². The highest BCUT2D eigenvalue weighted by Crippen LogP contribution is 2.20. The molecule has 0 radical (unpaired) electrons. The number of nitrogens with two attached hydrogens (primary N) is 1. The van der Waals surface area contributed by atoms with E-state index in [4.69, 9.17) is 10.5 Å². The predicted octanol–water partition coefficient (Wildman–Crippen LogP) is -0.234. The van der Waals surface area contributed by atoms with E-state index in [0.29, 0.717) is 13.1 Å². The van der Waals surface area contributed by atoms with Crippen LogP contribution in [0.2, 0.25) is 0 Å². The second-order valence-electron chi connectivity index (χ2n) is 4.42. The number of anilines is 1. The summed E-state index contributed by atoms with van der Waals surface area (Å²) in [5.41, 5.74) is 6.32. The van der Waals surface area contributed by atoms with E-state index in [0.717, 1.165) is 5.69 Å². The molecule has 1 fully saturated rings. The third-order valence-corrected chi connectivity index (χ3v) is 2.89. The number of primary amides is 1. The molecular weight excluding hydrogens is 234 g/mol. The fourth-order valence-corrected chi connectivity index (χ4v) is 2.11. The summed E-state index contributed by atoms with van der Waals surface area (Å²) in [5.74, 6) is -0.545. The van der Waals surface area contributed by atoms with Gasteiger partial charge in [-0.15, -0.1) is 0 Å². The number of carbonyl (C=O) groups excluding carboxylic acids is 1. The average molecular weight is 251 g/mol. The molecule has 1 saturated heterocycles. The van der Waals surface area contributed by atoms with E-state index in [1.165, 1.54) is 0 Å². The van der Waals surface area contributed by atoms with E-state index in [1.54, 1.807) is 12.3 Å². The Labute approximate surface area is 105 Å². The van der Waals surface area contributed by atoms with Gasteiger partial charge in [0, 0.05) is 25.0 Å². The first-order chi connectivity index (χ1) is 8.60. The van der Waals surface area contributed by atoms with Gasteiger partial charge in [0.15, 0.2) is 0 Å². The molecule has 1 aromatic rings. The lowest BCUT2D eigenvalue weighted by Gasteiger charge is -2.37. The normalized spacial score (nSPS) is 24.0. The van der Waals surface area contributed by atoms with Crippen LogP contribution < -0.4 is 10.6 Å². The van der Waals surface area contributed by atoms with Crippen LogP contribution in [0.1, 0.15) is 17.4 Å². The van der Waals surface area contributed by atoms with E-state index in [2.05, 4.69) is 9.88 Å². The lowest BCUT2D eigenvalue weighted by Crippen LogP contribution is -2.48. The zero-order valence-corrected chi connectivity index (χ0v) is 10.2. The van der Waals surface area contributed by atoms with Gasteiger partial charge in [-0.3, -0.25) is 9.78 Å². The predicted molar refractivity (Wildman–Crippen MR) is 66.4 cm³/mol. The summed E-state index contributed by atoms with van der Waals surface area (Å²) < 4.78 is 5.57. The van der Waals surface area contributed by atoms with Crippen molar-refractivity contribution in [3.05, 3.63) is 24.0 Å². The number of aromatic nitrogens is 1. The van der Waals surface area contributed by atoms with Crippen molar-refractivity contribution in [3.8, 4) is 0 Å². The molecule has 2 heterocycles. The van der Waals surface area contributed by atoms with Gasteiger partial charge in [-0.25, -0.2) is 0 Å². The average Bonchev–Trinajstić information content (AvgIpc) is 2.38.